The van der Waals surface area contributed by atoms with E-state index in [-0.39, 0.29) is 5.41 Å². The van der Waals surface area contributed by atoms with E-state index >= 15 is 0 Å². The molecule has 20 heavy (non-hydrogen) atoms. The predicted molar refractivity (Wildman–Crippen MR) is 86.9 cm³/mol. The van der Waals surface area contributed by atoms with Crippen LogP contribution in [0, 0.1) is 16.7 Å². The van der Waals surface area contributed by atoms with Gasteiger partial charge in [-0.25, -0.2) is 0 Å². The zero-order valence-corrected chi connectivity index (χ0v) is 13.4. The number of nitriles is 1. The third-order valence-corrected chi connectivity index (χ3v) is 3.83. The van der Waals surface area contributed by atoms with Gasteiger partial charge in [-0.15, -0.1) is 0 Å². The summed E-state index contributed by atoms with van der Waals surface area (Å²) in [6, 6.07) is 8.93. The zero-order chi connectivity index (χ0) is 15.0. The molecule has 0 heterocycles. The van der Waals surface area contributed by atoms with Crippen molar-refractivity contribution in [3.63, 3.8) is 0 Å². The molecule has 0 saturated heterocycles. The third-order valence-electron chi connectivity index (χ3n) is 3.83. The number of aryl methyl sites for hydroxylation is 2. The Balaban J connectivity index is 2.48. The maximum absolute atomic E-state index is 9.00. The number of rotatable bonds is 8. The molecular weight excluding hydrogens is 244 g/mol. The second-order valence-corrected chi connectivity index (χ2v) is 6.04. The first-order chi connectivity index (χ1) is 9.54. The van der Waals surface area contributed by atoms with Gasteiger partial charge < -0.3 is 5.32 Å². The van der Waals surface area contributed by atoms with Crippen molar-refractivity contribution < 1.29 is 0 Å². The highest BCUT2D eigenvalue weighted by atomic mass is 14.9. The molecule has 2 heteroatoms. The molecule has 2 nitrogen and oxygen atoms in total. The van der Waals surface area contributed by atoms with Crippen LogP contribution in [-0.2, 0) is 12.8 Å². The Hall–Kier alpha value is -1.49. The SMILES string of the molecule is CCc1cccc(CC)c1NCCCCC(C)(C)C#N. The molecule has 0 unspecified atom stereocenters. The molecule has 0 radical (unpaired) electrons. The lowest BCUT2D eigenvalue weighted by Gasteiger charge is -2.17. The Bertz CT molecular complexity index is 433. The second kappa shape index (κ2) is 7.94. The van der Waals surface area contributed by atoms with Gasteiger partial charge in [-0.1, -0.05) is 38.5 Å². The first-order valence-electron chi connectivity index (χ1n) is 7.80. The van der Waals surface area contributed by atoms with E-state index in [0.717, 1.165) is 38.6 Å². The van der Waals surface area contributed by atoms with E-state index in [1.54, 1.807) is 0 Å². The number of nitrogens with zero attached hydrogens (tertiary/aromatic N) is 1. The molecular formula is C18H28N2. The first kappa shape index (κ1) is 16.6. The van der Waals surface area contributed by atoms with Crippen LogP contribution in [0.25, 0.3) is 0 Å². The van der Waals surface area contributed by atoms with Gasteiger partial charge in [0, 0.05) is 12.2 Å². The van der Waals surface area contributed by atoms with Crippen molar-refractivity contribution in [2.45, 2.75) is 59.8 Å². The summed E-state index contributed by atoms with van der Waals surface area (Å²) in [5, 5.41) is 12.6. The fraction of sp³-hybridized carbons (Fsp3) is 0.611. The molecule has 0 fully saturated rings. The molecule has 0 aliphatic rings. The van der Waals surface area contributed by atoms with Gasteiger partial charge >= 0.3 is 0 Å². The summed E-state index contributed by atoms with van der Waals surface area (Å²) in [7, 11) is 0. The third kappa shape index (κ3) is 4.89. The summed E-state index contributed by atoms with van der Waals surface area (Å²) in [6.45, 7) is 9.43. The molecule has 1 rings (SSSR count). The Morgan fingerprint density at radius 1 is 1.10 bits per heavy atom. The van der Waals surface area contributed by atoms with E-state index in [1.165, 1.54) is 16.8 Å². The molecule has 1 aromatic carbocycles. The van der Waals surface area contributed by atoms with E-state index in [0.29, 0.717) is 0 Å². The number of benzene rings is 1. The van der Waals surface area contributed by atoms with Gasteiger partial charge in [0.15, 0.2) is 0 Å². The predicted octanol–water partition coefficient (Wildman–Crippen LogP) is 4.94. The minimum Gasteiger partial charge on any atom is -0.385 e. The first-order valence-corrected chi connectivity index (χ1v) is 7.80. The van der Waals surface area contributed by atoms with E-state index < -0.39 is 0 Å². The summed E-state index contributed by atoms with van der Waals surface area (Å²) in [5.74, 6) is 0. The highest BCUT2D eigenvalue weighted by Gasteiger charge is 2.15. The minimum absolute atomic E-state index is 0.185. The van der Waals surface area contributed by atoms with Crippen LogP contribution in [0.5, 0.6) is 0 Å². The van der Waals surface area contributed by atoms with Crippen molar-refractivity contribution in [1.29, 1.82) is 5.26 Å². The largest absolute Gasteiger partial charge is 0.385 e. The maximum atomic E-state index is 9.00. The molecule has 110 valence electrons. The van der Waals surface area contributed by atoms with Crippen molar-refractivity contribution in [2.75, 3.05) is 11.9 Å². The van der Waals surface area contributed by atoms with Gasteiger partial charge in [-0.2, -0.15) is 5.26 Å². The lowest BCUT2D eigenvalue weighted by Crippen LogP contribution is -2.10. The average Bonchev–Trinajstić information content (AvgIpc) is 2.46. The highest BCUT2D eigenvalue weighted by molar-refractivity contribution is 5.57. The number of hydrogen-bond donors (Lipinski definition) is 1. The van der Waals surface area contributed by atoms with Crippen LogP contribution >= 0.6 is 0 Å². The van der Waals surface area contributed by atoms with Gasteiger partial charge in [0.25, 0.3) is 0 Å². The van der Waals surface area contributed by atoms with Crippen LogP contribution in [0.1, 0.15) is 58.1 Å². The second-order valence-electron chi connectivity index (χ2n) is 6.04. The number of hydrogen-bond acceptors (Lipinski definition) is 2. The number of nitrogens with one attached hydrogen (secondary N) is 1. The Morgan fingerprint density at radius 3 is 2.20 bits per heavy atom. The summed E-state index contributed by atoms with van der Waals surface area (Å²) < 4.78 is 0. The molecule has 1 aromatic rings. The van der Waals surface area contributed by atoms with E-state index in [1.807, 2.05) is 13.8 Å². The molecule has 1 N–H and O–H groups in total. The number of anilines is 1. The summed E-state index contributed by atoms with van der Waals surface area (Å²) >= 11 is 0. The highest BCUT2D eigenvalue weighted by Crippen LogP contribution is 2.24. The summed E-state index contributed by atoms with van der Waals surface area (Å²) in [6.07, 6.45) is 5.33. The van der Waals surface area contributed by atoms with Crippen LogP contribution in [0.3, 0.4) is 0 Å². The van der Waals surface area contributed by atoms with Gasteiger partial charge in [0.2, 0.25) is 0 Å². The molecule has 0 saturated carbocycles. The van der Waals surface area contributed by atoms with Crippen LogP contribution in [0.2, 0.25) is 0 Å². The molecule has 0 bridgehead atoms. The lowest BCUT2D eigenvalue weighted by molar-refractivity contribution is 0.430. The van der Waals surface area contributed by atoms with Crippen LogP contribution in [0.15, 0.2) is 18.2 Å². The van der Waals surface area contributed by atoms with E-state index in [2.05, 4.69) is 43.4 Å². The standard InChI is InChI=1S/C18H28N2/c1-5-15-10-9-11-16(6-2)17(15)20-13-8-7-12-18(3,4)14-19/h9-11,20H,5-8,12-13H2,1-4H3. The normalized spacial score (nSPS) is 11.2. The number of para-hydroxylation sites is 1. The van der Waals surface area contributed by atoms with Crippen LogP contribution in [-0.4, -0.2) is 6.54 Å². The summed E-state index contributed by atoms with van der Waals surface area (Å²) in [4.78, 5) is 0. The van der Waals surface area contributed by atoms with Crippen molar-refractivity contribution in [2.24, 2.45) is 5.41 Å². The Kier molecular flexibility index (Phi) is 6.58. The monoisotopic (exact) mass is 272 g/mol. The molecule has 0 aliphatic heterocycles. The average molecular weight is 272 g/mol. The fourth-order valence-corrected chi connectivity index (χ4v) is 2.43. The van der Waals surface area contributed by atoms with E-state index in [4.69, 9.17) is 5.26 Å². The minimum atomic E-state index is -0.185. The summed E-state index contributed by atoms with van der Waals surface area (Å²) in [5.41, 5.74) is 3.95. The Labute approximate surface area is 124 Å². The molecule has 0 atom stereocenters. The molecule has 0 aliphatic carbocycles. The quantitative estimate of drug-likeness (QED) is 0.680. The maximum Gasteiger partial charge on any atom is 0.0683 e. The van der Waals surface area contributed by atoms with Gasteiger partial charge in [0.1, 0.15) is 0 Å². The van der Waals surface area contributed by atoms with Crippen LogP contribution < -0.4 is 5.32 Å². The van der Waals surface area contributed by atoms with Crippen molar-refractivity contribution in [1.82, 2.24) is 0 Å². The topological polar surface area (TPSA) is 35.8 Å². The fourth-order valence-electron chi connectivity index (χ4n) is 2.43. The van der Waals surface area contributed by atoms with Gasteiger partial charge in [0.05, 0.1) is 11.5 Å². The van der Waals surface area contributed by atoms with Crippen molar-refractivity contribution >= 4 is 5.69 Å². The smallest absolute Gasteiger partial charge is 0.0683 e. The molecule has 0 spiro atoms. The Morgan fingerprint density at radius 2 is 1.70 bits per heavy atom. The van der Waals surface area contributed by atoms with Gasteiger partial charge in [-0.3, -0.25) is 0 Å². The number of unbranched alkanes of at least 4 members (excludes halogenated alkanes) is 1. The van der Waals surface area contributed by atoms with Crippen molar-refractivity contribution in [3.8, 4) is 6.07 Å². The molecule has 0 aromatic heterocycles. The van der Waals surface area contributed by atoms with E-state index in [9.17, 15) is 0 Å². The zero-order valence-electron chi connectivity index (χ0n) is 13.4. The lowest BCUT2D eigenvalue weighted by atomic mass is 9.89. The van der Waals surface area contributed by atoms with Crippen LogP contribution in [0.4, 0.5) is 5.69 Å². The molecule has 0 amide bonds. The van der Waals surface area contributed by atoms with Crippen molar-refractivity contribution in [3.05, 3.63) is 29.3 Å². The van der Waals surface area contributed by atoms with Gasteiger partial charge in [-0.05, 0) is 50.7 Å².